The minimum absolute atomic E-state index is 0.210. The van der Waals surface area contributed by atoms with Crippen LogP contribution in [0.2, 0.25) is 5.02 Å². The summed E-state index contributed by atoms with van der Waals surface area (Å²) in [5, 5.41) is 0.450. The molecular formula is C13H16Cl2O2. The highest BCUT2D eigenvalue weighted by Crippen LogP contribution is 2.30. The normalized spacial score (nSPS) is 12.2. The van der Waals surface area contributed by atoms with Gasteiger partial charge in [0.05, 0.1) is 12.0 Å². The van der Waals surface area contributed by atoms with Crippen LogP contribution in [0.25, 0.3) is 0 Å². The topological polar surface area (TPSA) is 26.3 Å². The third-order valence-corrected chi connectivity index (χ3v) is 3.17. The van der Waals surface area contributed by atoms with E-state index in [4.69, 9.17) is 27.9 Å². The maximum absolute atomic E-state index is 11.2. The Kier molecular flexibility index (Phi) is 5.79. The van der Waals surface area contributed by atoms with Crippen LogP contribution in [0.4, 0.5) is 0 Å². The van der Waals surface area contributed by atoms with Gasteiger partial charge in [0.15, 0.2) is 0 Å². The number of halogens is 2. The van der Waals surface area contributed by atoms with E-state index in [9.17, 15) is 4.79 Å². The van der Waals surface area contributed by atoms with Gasteiger partial charge in [-0.1, -0.05) is 17.7 Å². The van der Waals surface area contributed by atoms with Gasteiger partial charge < -0.3 is 4.74 Å². The average Bonchev–Trinajstić information content (AvgIpc) is 2.29. The molecule has 1 rings (SSSR count). The Bertz CT molecular complexity index is 391. The van der Waals surface area contributed by atoms with Crippen molar-refractivity contribution in [3.8, 4) is 0 Å². The van der Waals surface area contributed by atoms with Gasteiger partial charge in [0.1, 0.15) is 0 Å². The zero-order valence-electron chi connectivity index (χ0n) is 10.0. The number of benzene rings is 1. The monoisotopic (exact) mass is 274 g/mol. The van der Waals surface area contributed by atoms with Crippen molar-refractivity contribution in [2.24, 2.45) is 0 Å². The lowest BCUT2D eigenvalue weighted by Gasteiger charge is -2.12. The Balaban J connectivity index is 2.60. The zero-order valence-corrected chi connectivity index (χ0v) is 11.5. The molecule has 0 aliphatic carbocycles. The van der Waals surface area contributed by atoms with Crippen LogP contribution < -0.4 is 0 Å². The summed E-state index contributed by atoms with van der Waals surface area (Å²) in [6.07, 6.45) is 0.884. The van der Waals surface area contributed by atoms with E-state index in [-0.39, 0.29) is 11.3 Å². The fourth-order valence-corrected chi connectivity index (χ4v) is 2.11. The standard InChI is InChI=1S/C13H16Cl2O2/c1-3-17-13(16)7-6-12(15)11-8-10(14)5-4-9(11)2/h4-5,8,12H,3,6-7H2,1-2H3. The number of esters is 1. The van der Waals surface area contributed by atoms with Crippen LogP contribution in [0.5, 0.6) is 0 Å². The number of ether oxygens (including phenoxy) is 1. The number of alkyl halides is 1. The molecule has 0 saturated heterocycles. The predicted octanol–water partition coefficient (Wildman–Crippen LogP) is 4.27. The second kappa shape index (κ2) is 6.87. The molecular weight excluding hydrogens is 259 g/mol. The molecule has 1 aromatic rings. The van der Waals surface area contributed by atoms with Gasteiger partial charge in [-0.2, -0.15) is 0 Å². The second-order valence-electron chi connectivity index (χ2n) is 3.81. The van der Waals surface area contributed by atoms with E-state index < -0.39 is 0 Å². The molecule has 0 N–H and O–H groups in total. The molecule has 0 fully saturated rings. The Morgan fingerprint density at radius 2 is 2.18 bits per heavy atom. The molecule has 0 amide bonds. The van der Waals surface area contributed by atoms with Crippen molar-refractivity contribution in [3.63, 3.8) is 0 Å². The molecule has 0 aliphatic rings. The van der Waals surface area contributed by atoms with Crippen LogP contribution in [0, 0.1) is 6.92 Å². The lowest BCUT2D eigenvalue weighted by molar-refractivity contribution is -0.143. The van der Waals surface area contributed by atoms with Gasteiger partial charge in [-0.05, 0) is 43.5 Å². The lowest BCUT2D eigenvalue weighted by atomic mass is 10.0. The third kappa shape index (κ3) is 4.57. The van der Waals surface area contributed by atoms with E-state index in [0.717, 1.165) is 11.1 Å². The number of carbonyl (C=O) groups excluding carboxylic acids is 1. The van der Waals surface area contributed by atoms with Crippen molar-refractivity contribution in [2.75, 3.05) is 6.61 Å². The van der Waals surface area contributed by atoms with Gasteiger partial charge in [0, 0.05) is 11.4 Å². The molecule has 0 radical (unpaired) electrons. The minimum Gasteiger partial charge on any atom is -0.466 e. The van der Waals surface area contributed by atoms with E-state index in [1.165, 1.54) is 0 Å². The summed E-state index contributed by atoms with van der Waals surface area (Å²) in [6, 6.07) is 5.60. The van der Waals surface area contributed by atoms with Gasteiger partial charge >= 0.3 is 5.97 Å². The molecule has 0 aromatic heterocycles. The largest absolute Gasteiger partial charge is 0.466 e. The van der Waals surface area contributed by atoms with Crippen LogP contribution >= 0.6 is 23.2 Å². The van der Waals surface area contributed by atoms with E-state index >= 15 is 0 Å². The van der Waals surface area contributed by atoms with Crippen molar-refractivity contribution in [1.82, 2.24) is 0 Å². The summed E-state index contributed by atoms with van der Waals surface area (Å²) in [7, 11) is 0. The molecule has 4 heteroatoms. The van der Waals surface area contributed by atoms with Crippen LogP contribution in [-0.2, 0) is 9.53 Å². The zero-order chi connectivity index (χ0) is 12.8. The molecule has 2 nitrogen and oxygen atoms in total. The first-order valence-electron chi connectivity index (χ1n) is 5.60. The van der Waals surface area contributed by atoms with Crippen molar-refractivity contribution in [2.45, 2.75) is 32.1 Å². The Labute approximate surface area is 112 Å². The molecule has 1 atom stereocenters. The SMILES string of the molecule is CCOC(=O)CCC(Cl)c1cc(Cl)ccc1C. The summed E-state index contributed by atoms with van der Waals surface area (Å²) in [6.45, 7) is 4.17. The van der Waals surface area contributed by atoms with Crippen molar-refractivity contribution < 1.29 is 9.53 Å². The highest BCUT2D eigenvalue weighted by atomic mass is 35.5. The Morgan fingerprint density at radius 1 is 1.47 bits per heavy atom. The van der Waals surface area contributed by atoms with E-state index in [1.807, 2.05) is 25.1 Å². The van der Waals surface area contributed by atoms with E-state index in [1.54, 1.807) is 6.92 Å². The molecule has 1 aromatic carbocycles. The molecule has 0 saturated carbocycles. The number of hydrogen-bond acceptors (Lipinski definition) is 2. The summed E-state index contributed by atoms with van der Waals surface area (Å²) in [4.78, 5) is 11.2. The van der Waals surface area contributed by atoms with E-state index in [2.05, 4.69) is 0 Å². The fourth-order valence-electron chi connectivity index (χ4n) is 1.58. The van der Waals surface area contributed by atoms with Gasteiger partial charge in [-0.25, -0.2) is 0 Å². The quantitative estimate of drug-likeness (QED) is 0.592. The smallest absolute Gasteiger partial charge is 0.305 e. The minimum atomic E-state index is -0.210. The lowest BCUT2D eigenvalue weighted by Crippen LogP contribution is -2.05. The first kappa shape index (κ1) is 14.3. The summed E-state index contributed by atoms with van der Waals surface area (Å²) in [5.74, 6) is -0.210. The van der Waals surface area contributed by atoms with Gasteiger partial charge in [0.2, 0.25) is 0 Å². The predicted molar refractivity (Wildman–Crippen MR) is 70.7 cm³/mol. The van der Waals surface area contributed by atoms with Crippen LogP contribution in [0.15, 0.2) is 18.2 Å². The van der Waals surface area contributed by atoms with Crippen LogP contribution in [0.1, 0.15) is 36.3 Å². The number of carbonyl (C=O) groups is 1. The maximum atomic E-state index is 11.2. The van der Waals surface area contributed by atoms with Crippen molar-refractivity contribution in [3.05, 3.63) is 34.3 Å². The number of hydrogen-bond donors (Lipinski definition) is 0. The number of aryl methyl sites for hydroxylation is 1. The molecule has 1 unspecified atom stereocenters. The molecule has 0 aliphatic heterocycles. The van der Waals surface area contributed by atoms with Crippen molar-refractivity contribution >= 4 is 29.2 Å². The third-order valence-electron chi connectivity index (χ3n) is 2.49. The summed E-state index contributed by atoms with van der Waals surface area (Å²) >= 11 is 12.2. The molecule has 0 spiro atoms. The fraction of sp³-hybridized carbons (Fsp3) is 0.462. The molecule has 0 bridgehead atoms. The Hall–Kier alpha value is -0.730. The summed E-state index contributed by atoms with van der Waals surface area (Å²) in [5.41, 5.74) is 2.06. The average molecular weight is 275 g/mol. The summed E-state index contributed by atoms with van der Waals surface area (Å²) < 4.78 is 4.86. The number of rotatable bonds is 5. The van der Waals surface area contributed by atoms with E-state index in [0.29, 0.717) is 24.5 Å². The first-order valence-corrected chi connectivity index (χ1v) is 6.41. The van der Waals surface area contributed by atoms with Gasteiger partial charge in [-0.3, -0.25) is 4.79 Å². The second-order valence-corrected chi connectivity index (χ2v) is 4.78. The van der Waals surface area contributed by atoms with Crippen molar-refractivity contribution in [1.29, 1.82) is 0 Å². The van der Waals surface area contributed by atoms with Crippen LogP contribution in [-0.4, -0.2) is 12.6 Å². The molecule has 94 valence electrons. The maximum Gasteiger partial charge on any atom is 0.305 e. The van der Waals surface area contributed by atoms with Gasteiger partial charge in [0.25, 0.3) is 0 Å². The first-order chi connectivity index (χ1) is 8.04. The van der Waals surface area contributed by atoms with Gasteiger partial charge in [-0.15, -0.1) is 11.6 Å². The highest BCUT2D eigenvalue weighted by Gasteiger charge is 2.13. The molecule has 17 heavy (non-hydrogen) atoms. The highest BCUT2D eigenvalue weighted by molar-refractivity contribution is 6.30. The molecule has 0 heterocycles. The van der Waals surface area contributed by atoms with Crippen LogP contribution in [0.3, 0.4) is 0 Å². The Morgan fingerprint density at radius 3 is 2.82 bits per heavy atom.